The number of rotatable bonds is 0. The van der Waals surface area contributed by atoms with Gasteiger partial charge in [0.1, 0.15) is 23.0 Å². The molecule has 3 aliphatic rings. The van der Waals surface area contributed by atoms with Crippen LogP contribution in [0.2, 0.25) is 0 Å². The number of carbonyl (C=O) groups is 2. The molecule has 0 atom stereocenters. The Bertz CT molecular complexity index is 918. The molecule has 1 fully saturated rings. The molecule has 0 unspecified atom stereocenters. The summed E-state index contributed by atoms with van der Waals surface area (Å²) in [4.78, 5) is 25.7. The number of hydrogen-bond donors (Lipinski definition) is 2. The quantitative estimate of drug-likeness (QED) is 0.559. The lowest BCUT2D eigenvalue weighted by Gasteiger charge is -2.66. The molecule has 2 heterocycles. The van der Waals surface area contributed by atoms with E-state index in [1.54, 1.807) is 12.1 Å². The molecule has 1 aliphatic carbocycles. The maximum atomic E-state index is 12.9. The van der Waals surface area contributed by atoms with Crippen molar-refractivity contribution in [2.45, 2.75) is 24.7 Å². The van der Waals surface area contributed by atoms with Crippen LogP contribution in [-0.4, -0.2) is 22.2 Å². The first kappa shape index (κ1) is 15.3. The standard InChI is InChI=1S/C20H16O6/c1-19-11-5-3-9(21)7-13(11)25-17(23)15(19)20(2)12-6-4-10(22)8-14(12)26-18(24)16(19)20/h3-8,15-16,21-22H,1-2H3. The highest BCUT2D eigenvalue weighted by atomic mass is 16.5. The normalized spacial score (nSPS) is 33.6. The van der Waals surface area contributed by atoms with E-state index in [1.807, 2.05) is 13.8 Å². The molecule has 2 aromatic carbocycles. The third kappa shape index (κ3) is 1.49. The van der Waals surface area contributed by atoms with Crippen LogP contribution in [0.1, 0.15) is 25.0 Å². The lowest BCUT2D eigenvalue weighted by Crippen LogP contribution is -2.75. The smallest absolute Gasteiger partial charge is 0.316 e. The first-order valence-electron chi connectivity index (χ1n) is 8.38. The lowest BCUT2D eigenvalue weighted by atomic mass is 9.35. The fourth-order valence-corrected chi connectivity index (χ4v) is 5.50. The maximum absolute atomic E-state index is 12.9. The molecule has 2 aromatic rings. The number of esters is 2. The molecule has 0 amide bonds. The number of phenols is 2. The largest absolute Gasteiger partial charge is 0.508 e. The van der Waals surface area contributed by atoms with Gasteiger partial charge in [0.05, 0.1) is 11.8 Å². The Balaban J connectivity index is 1.76. The van der Waals surface area contributed by atoms with Crippen molar-refractivity contribution in [1.29, 1.82) is 0 Å². The van der Waals surface area contributed by atoms with Crippen molar-refractivity contribution in [2.24, 2.45) is 11.8 Å². The molecule has 6 heteroatoms. The van der Waals surface area contributed by atoms with E-state index in [1.165, 1.54) is 24.3 Å². The molecule has 0 saturated heterocycles. The van der Waals surface area contributed by atoms with Crippen LogP contribution in [0.25, 0.3) is 0 Å². The van der Waals surface area contributed by atoms with Crippen LogP contribution in [0, 0.1) is 11.8 Å². The lowest BCUT2D eigenvalue weighted by molar-refractivity contribution is -0.184. The number of ether oxygens (including phenoxy) is 2. The highest BCUT2D eigenvalue weighted by molar-refractivity contribution is 5.94. The Morgan fingerprint density at radius 2 is 1.15 bits per heavy atom. The minimum atomic E-state index is -0.792. The molecular formula is C20H16O6. The van der Waals surface area contributed by atoms with E-state index in [-0.39, 0.29) is 23.0 Å². The van der Waals surface area contributed by atoms with Gasteiger partial charge in [-0.05, 0) is 12.1 Å². The Hall–Kier alpha value is -3.02. The predicted octanol–water partition coefficient (Wildman–Crippen LogP) is 2.40. The molecule has 5 rings (SSSR count). The second kappa shape index (κ2) is 4.38. The summed E-state index contributed by atoms with van der Waals surface area (Å²) in [5, 5.41) is 19.4. The molecule has 0 aromatic heterocycles. The summed E-state index contributed by atoms with van der Waals surface area (Å²) in [6.45, 7) is 3.74. The average molecular weight is 352 g/mol. The van der Waals surface area contributed by atoms with Crippen LogP contribution < -0.4 is 9.47 Å². The van der Waals surface area contributed by atoms with Gasteiger partial charge in [0.25, 0.3) is 0 Å². The number of phenolic OH excluding ortho intramolecular Hbond substituents is 2. The SMILES string of the molecule is CC12c3ccc(O)cc3OC(=O)C1C1(C)c3ccc(O)cc3OC(=O)C21. The van der Waals surface area contributed by atoms with Crippen LogP contribution >= 0.6 is 0 Å². The molecule has 132 valence electrons. The van der Waals surface area contributed by atoms with Gasteiger partial charge in [0, 0.05) is 34.1 Å². The van der Waals surface area contributed by atoms with Gasteiger partial charge in [-0.1, -0.05) is 26.0 Å². The third-order valence-electron chi connectivity index (χ3n) is 6.38. The number of hydrogen-bond acceptors (Lipinski definition) is 6. The summed E-state index contributed by atoms with van der Waals surface area (Å²) in [6, 6.07) is 9.23. The van der Waals surface area contributed by atoms with Crippen molar-refractivity contribution in [1.82, 2.24) is 0 Å². The highest BCUT2D eigenvalue weighted by Gasteiger charge is 2.77. The summed E-state index contributed by atoms with van der Waals surface area (Å²) >= 11 is 0. The summed E-state index contributed by atoms with van der Waals surface area (Å²) in [7, 11) is 0. The fourth-order valence-electron chi connectivity index (χ4n) is 5.50. The molecule has 1 saturated carbocycles. The van der Waals surface area contributed by atoms with Gasteiger partial charge in [-0.3, -0.25) is 9.59 Å². The summed E-state index contributed by atoms with van der Waals surface area (Å²) in [5.41, 5.74) is -0.164. The Labute approximate surface area is 149 Å². The average Bonchev–Trinajstić information content (AvgIpc) is 2.52. The van der Waals surface area contributed by atoms with Crippen LogP contribution in [-0.2, 0) is 20.4 Å². The van der Waals surface area contributed by atoms with Gasteiger partial charge >= 0.3 is 11.9 Å². The highest BCUT2D eigenvalue weighted by Crippen LogP contribution is 2.70. The summed E-state index contributed by atoms with van der Waals surface area (Å²) < 4.78 is 11.0. The van der Waals surface area contributed by atoms with Crippen LogP contribution in [0.5, 0.6) is 23.0 Å². The number of benzene rings is 2. The van der Waals surface area contributed by atoms with Crippen LogP contribution in [0.4, 0.5) is 0 Å². The van der Waals surface area contributed by atoms with Gasteiger partial charge < -0.3 is 19.7 Å². The summed E-state index contributed by atoms with van der Waals surface area (Å²) in [5.74, 6) is -1.47. The molecule has 0 bridgehead atoms. The van der Waals surface area contributed by atoms with Crippen molar-refractivity contribution in [3.05, 3.63) is 47.5 Å². The zero-order chi connectivity index (χ0) is 18.4. The monoisotopic (exact) mass is 352 g/mol. The zero-order valence-corrected chi connectivity index (χ0v) is 14.1. The summed E-state index contributed by atoms with van der Waals surface area (Å²) in [6.07, 6.45) is 0. The fraction of sp³-hybridized carbons (Fsp3) is 0.300. The van der Waals surface area contributed by atoms with Crippen LogP contribution in [0.3, 0.4) is 0 Å². The van der Waals surface area contributed by atoms with E-state index in [0.717, 1.165) is 0 Å². The predicted molar refractivity (Wildman–Crippen MR) is 89.2 cm³/mol. The van der Waals surface area contributed by atoms with Crippen molar-refractivity contribution < 1.29 is 29.3 Å². The van der Waals surface area contributed by atoms with Gasteiger partial charge in [-0.25, -0.2) is 0 Å². The first-order chi connectivity index (χ1) is 12.3. The molecule has 6 nitrogen and oxygen atoms in total. The Morgan fingerprint density at radius 1 is 0.769 bits per heavy atom. The Morgan fingerprint density at radius 3 is 1.54 bits per heavy atom. The second-order valence-electron chi connectivity index (χ2n) is 7.63. The maximum Gasteiger partial charge on any atom is 0.316 e. The molecule has 2 N–H and O–H groups in total. The van der Waals surface area contributed by atoms with Gasteiger partial charge in [-0.15, -0.1) is 0 Å². The van der Waals surface area contributed by atoms with E-state index >= 15 is 0 Å². The minimum Gasteiger partial charge on any atom is -0.508 e. The number of carbonyl (C=O) groups excluding carboxylic acids is 2. The van der Waals surface area contributed by atoms with E-state index in [2.05, 4.69) is 0 Å². The van der Waals surface area contributed by atoms with E-state index in [9.17, 15) is 19.8 Å². The van der Waals surface area contributed by atoms with E-state index < -0.39 is 34.6 Å². The van der Waals surface area contributed by atoms with Crippen molar-refractivity contribution in [2.75, 3.05) is 0 Å². The van der Waals surface area contributed by atoms with Crippen LogP contribution in [0.15, 0.2) is 36.4 Å². The molecule has 26 heavy (non-hydrogen) atoms. The minimum absolute atomic E-state index is 0.00673. The van der Waals surface area contributed by atoms with E-state index in [0.29, 0.717) is 11.1 Å². The topological polar surface area (TPSA) is 93.1 Å². The zero-order valence-electron chi connectivity index (χ0n) is 14.1. The van der Waals surface area contributed by atoms with Gasteiger partial charge in [-0.2, -0.15) is 0 Å². The Kier molecular flexibility index (Phi) is 2.57. The van der Waals surface area contributed by atoms with Gasteiger partial charge in [0.2, 0.25) is 0 Å². The molecule has 0 spiro atoms. The number of fused-ring (bicyclic) bond motifs is 8. The van der Waals surface area contributed by atoms with Crippen molar-refractivity contribution in [3.8, 4) is 23.0 Å². The third-order valence-corrected chi connectivity index (χ3v) is 6.38. The first-order valence-corrected chi connectivity index (χ1v) is 8.38. The molecular weight excluding hydrogens is 336 g/mol. The molecule has 0 radical (unpaired) electrons. The second-order valence-corrected chi connectivity index (χ2v) is 7.63. The van der Waals surface area contributed by atoms with Gasteiger partial charge in [0.15, 0.2) is 0 Å². The van der Waals surface area contributed by atoms with Crippen molar-refractivity contribution >= 4 is 11.9 Å². The molecule has 2 aliphatic heterocycles. The number of aromatic hydroxyl groups is 2. The van der Waals surface area contributed by atoms with E-state index in [4.69, 9.17) is 9.47 Å². The van der Waals surface area contributed by atoms with Crippen molar-refractivity contribution in [3.63, 3.8) is 0 Å².